The van der Waals surface area contributed by atoms with E-state index in [9.17, 15) is 9.00 Å². The van der Waals surface area contributed by atoms with Gasteiger partial charge in [0.05, 0.1) is 11.6 Å². The molecule has 2 unspecified atom stereocenters. The average Bonchev–Trinajstić information content (AvgIpc) is 2.93. The molecule has 2 atom stereocenters. The minimum atomic E-state index is -2.41. The zero-order chi connectivity index (χ0) is 19.8. The summed E-state index contributed by atoms with van der Waals surface area (Å²) in [4.78, 5) is 13.2. The van der Waals surface area contributed by atoms with Gasteiger partial charge in [0.15, 0.2) is 5.58 Å². The SMILES string of the molecule is C=S(C)(=O)c1cc2oc(=O)n(C(C)c3ccccc3C#CCC)c2cc1C. The van der Waals surface area contributed by atoms with E-state index in [1.54, 1.807) is 16.9 Å². The molecule has 3 aromatic rings. The van der Waals surface area contributed by atoms with Crippen molar-refractivity contribution in [3.63, 3.8) is 0 Å². The lowest BCUT2D eigenvalue weighted by Crippen LogP contribution is -2.20. The molecule has 140 valence electrons. The van der Waals surface area contributed by atoms with E-state index < -0.39 is 15.3 Å². The molecule has 0 saturated carbocycles. The first-order valence-electron chi connectivity index (χ1n) is 8.79. The number of oxazole rings is 1. The van der Waals surface area contributed by atoms with Gasteiger partial charge in [-0.25, -0.2) is 4.79 Å². The minimum absolute atomic E-state index is 0.253. The van der Waals surface area contributed by atoms with Crippen molar-refractivity contribution in [1.82, 2.24) is 4.57 Å². The highest BCUT2D eigenvalue weighted by Gasteiger charge is 2.20. The smallest absolute Gasteiger partial charge is 0.408 e. The van der Waals surface area contributed by atoms with Gasteiger partial charge >= 0.3 is 5.76 Å². The van der Waals surface area contributed by atoms with E-state index in [4.69, 9.17) is 4.42 Å². The van der Waals surface area contributed by atoms with Crippen LogP contribution in [-0.2, 0) is 9.52 Å². The molecular weight excluding hydrogens is 358 g/mol. The first-order chi connectivity index (χ1) is 12.7. The van der Waals surface area contributed by atoms with E-state index in [1.807, 2.05) is 51.1 Å². The lowest BCUT2D eigenvalue weighted by atomic mass is 10.0. The van der Waals surface area contributed by atoms with Gasteiger partial charge in [0, 0.05) is 23.1 Å². The Balaban J connectivity index is 2.23. The molecule has 5 heteroatoms. The molecule has 0 aliphatic rings. The Bertz CT molecular complexity index is 1230. The van der Waals surface area contributed by atoms with Crippen molar-refractivity contribution in [2.75, 3.05) is 6.26 Å². The van der Waals surface area contributed by atoms with Crippen LogP contribution in [0.1, 0.15) is 43.0 Å². The second-order valence-corrected chi connectivity index (χ2v) is 9.20. The standard InChI is InChI=1S/C22H23NO3S/c1-6-7-10-17-11-8-9-12-18(17)16(3)23-19-13-15(2)21(27(4,5)25)14-20(19)26-22(23)24/h8-9,11-14,16H,4,6H2,1-3,5H3. The van der Waals surface area contributed by atoms with Crippen molar-refractivity contribution < 1.29 is 8.63 Å². The van der Waals surface area contributed by atoms with Crippen LogP contribution in [0, 0.1) is 18.8 Å². The molecule has 0 aliphatic carbocycles. The van der Waals surface area contributed by atoms with Gasteiger partial charge in [-0.1, -0.05) is 37.0 Å². The van der Waals surface area contributed by atoms with E-state index in [2.05, 4.69) is 17.7 Å². The zero-order valence-corrected chi connectivity index (χ0v) is 16.9. The third kappa shape index (κ3) is 3.58. The van der Waals surface area contributed by atoms with Crippen LogP contribution < -0.4 is 5.76 Å². The van der Waals surface area contributed by atoms with Gasteiger partial charge in [-0.05, 0) is 58.6 Å². The van der Waals surface area contributed by atoms with Crippen LogP contribution in [0.25, 0.3) is 11.1 Å². The molecule has 27 heavy (non-hydrogen) atoms. The van der Waals surface area contributed by atoms with Crippen LogP contribution in [0.5, 0.6) is 0 Å². The molecule has 0 N–H and O–H groups in total. The number of aromatic nitrogens is 1. The average molecular weight is 381 g/mol. The summed E-state index contributed by atoms with van der Waals surface area (Å²) in [7, 11) is -2.41. The van der Waals surface area contributed by atoms with Gasteiger partial charge in [0.1, 0.15) is 0 Å². The normalized spacial score (nSPS) is 14.4. The summed E-state index contributed by atoms with van der Waals surface area (Å²) in [5.74, 6) is 9.56. The molecule has 0 spiro atoms. The van der Waals surface area contributed by atoms with E-state index in [1.165, 1.54) is 0 Å². The second-order valence-electron chi connectivity index (χ2n) is 6.75. The Hall–Kier alpha value is -2.71. The number of aryl methyl sites for hydroxylation is 1. The molecule has 0 aliphatic heterocycles. The summed E-state index contributed by atoms with van der Waals surface area (Å²) in [5.41, 5.74) is 3.78. The largest absolute Gasteiger partial charge is 0.420 e. The zero-order valence-electron chi connectivity index (χ0n) is 16.0. The molecule has 4 nitrogen and oxygen atoms in total. The van der Waals surface area contributed by atoms with E-state index in [-0.39, 0.29) is 6.04 Å². The molecule has 0 bridgehead atoms. The molecule has 0 radical (unpaired) electrons. The number of fused-ring (bicyclic) bond motifs is 1. The molecular formula is C22H23NO3S. The Kier molecular flexibility index (Phi) is 5.03. The Labute approximate surface area is 159 Å². The summed E-state index contributed by atoms with van der Waals surface area (Å²) >= 11 is 0. The van der Waals surface area contributed by atoms with Crippen LogP contribution in [0.2, 0.25) is 0 Å². The van der Waals surface area contributed by atoms with Crippen molar-refractivity contribution in [1.29, 1.82) is 0 Å². The summed E-state index contributed by atoms with van der Waals surface area (Å²) < 4.78 is 19.5. The van der Waals surface area contributed by atoms with E-state index in [0.29, 0.717) is 16.0 Å². The predicted octanol–water partition coefficient (Wildman–Crippen LogP) is 3.98. The number of hydrogen-bond donors (Lipinski definition) is 0. The quantitative estimate of drug-likeness (QED) is 0.509. The van der Waals surface area contributed by atoms with Gasteiger partial charge in [0.25, 0.3) is 0 Å². The van der Waals surface area contributed by atoms with Gasteiger partial charge < -0.3 is 4.42 Å². The highest BCUT2D eigenvalue weighted by Crippen LogP contribution is 2.28. The maximum absolute atomic E-state index is 12.6. The number of hydrogen-bond acceptors (Lipinski definition) is 3. The van der Waals surface area contributed by atoms with Crippen LogP contribution in [-0.4, -0.2) is 20.9 Å². The monoisotopic (exact) mass is 381 g/mol. The first-order valence-corrected chi connectivity index (χ1v) is 10.9. The predicted molar refractivity (Wildman–Crippen MR) is 112 cm³/mol. The summed E-state index contributed by atoms with van der Waals surface area (Å²) in [6.07, 6.45) is 2.35. The second kappa shape index (κ2) is 7.13. The fourth-order valence-corrected chi connectivity index (χ4v) is 4.39. The highest BCUT2D eigenvalue weighted by atomic mass is 32.2. The van der Waals surface area contributed by atoms with Crippen molar-refractivity contribution in [2.45, 2.75) is 38.1 Å². The fourth-order valence-electron chi connectivity index (χ4n) is 3.30. The van der Waals surface area contributed by atoms with Crippen LogP contribution in [0.4, 0.5) is 0 Å². The van der Waals surface area contributed by atoms with E-state index >= 15 is 0 Å². The van der Waals surface area contributed by atoms with Crippen LogP contribution >= 0.6 is 0 Å². The van der Waals surface area contributed by atoms with Crippen LogP contribution in [0.3, 0.4) is 0 Å². The van der Waals surface area contributed by atoms with Crippen molar-refractivity contribution in [3.05, 3.63) is 63.6 Å². The molecule has 0 saturated heterocycles. The maximum atomic E-state index is 12.6. The molecule has 1 aromatic heterocycles. The Morgan fingerprint density at radius 1 is 1.30 bits per heavy atom. The first kappa shape index (κ1) is 19.1. The molecule has 3 rings (SSSR count). The van der Waals surface area contributed by atoms with Gasteiger partial charge in [0.2, 0.25) is 0 Å². The summed E-state index contributed by atoms with van der Waals surface area (Å²) in [5, 5.41) is 0. The third-order valence-electron chi connectivity index (χ3n) is 4.57. The minimum Gasteiger partial charge on any atom is -0.408 e. The summed E-state index contributed by atoms with van der Waals surface area (Å²) in [6.45, 7) is 5.83. The molecule has 0 amide bonds. The topological polar surface area (TPSA) is 52.2 Å². The summed E-state index contributed by atoms with van der Waals surface area (Å²) in [6, 6.07) is 11.1. The highest BCUT2D eigenvalue weighted by molar-refractivity contribution is 7.99. The van der Waals surface area contributed by atoms with Crippen molar-refractivity contribution in [2.24, 2.45) is 0 Å². The van der Waals surface area contributed by atoms with Gasteiger partial charge in [-0.3, -0.25) is 8.78 Å². The lowest BCUT2D eigenvalue weighted by Gasteiger charge is -2.16. The number of nitrogens with zero attached hydrogens (tertiary/aromatic N) is 1. The van der Waals surface area contributed by atoms with Crippen molar-refractivity contribution >= 4 is 26.5 Å². The third-order valence-corrected chi connectivity index (χ3v) is 5.94. The fraction of sp³-hybridized carbons (Fsp3) is 0.273. The van der Waals surface area contributed by atoms with E-state index in [0.717, 1.165) is 23.1 Å². The van der Waals surface area contributed by atoms with Gasteiger partial charge in [-0.2, -0.15) is 0 Å². The lowest BCUT2D eigenvalue weighted by molar-refractivity contribution is 0.489. The molecule has 0 fully saturated rings. The Morgan fingerprint density at radius 3 is 2.67 bits per heavy atom. The Morgan fingerprint density at radius 2 is 2.00 bits per heavy atom. The maximum Gasteiger partial charge on any atom is 0.420 e. The van der Waals surface area contributed by atoms with Gasteiger partial charge in [-0.15, -0.1) is 0 Å². The number of rotatable bonds is 3. The van der Waals surface area contributed by atoms with Crippen molar-refractivity contribution in [3.8, 4) is 11.8 Å². The molecule has 2 aromatic carbocycles. The number of benzene rings is 2. The molecule has 1 heterocycles. The van der Waals surface area contributed by atoms with Crippen LogP contribution in [0.15, 0.2) is 50.5 Å².